The highest BCUT2D eigenvalue weighted by Gasteiger charge is 2.19. The van der Waals surface area contributed by atoms with Crippen molar-refractivity contribution in [2.45, 2.75) is 25.7 Å². The van der Waals surface area contributed by atoms with E-state index in [2.05, 4.69) is 22.9 Å². The van der Waals surface area contributed by atoms with E-state index in [1.165, 1.54) is 71.2 Å². The maximum absolute atomic E-state index is 13.1. The first kappa shape index (κ1) is 41.0. The summed E-state index contributed by atoms with van der Waals surface area (Å²) in [5, 5.41) is 0. The summed E-state index contributed by atoms with van der Waals surface area (Å²) in [7, 11) is 0. The Morgan fingerprint density at radius 3 is 1.70 bits per heavy atom. The molecule has 0 amide bonds. The number of carbonyl (C=O) groups is 6. The number of carbonyl (C=O) groups excluding carboxylic acids is 6. The van der Waals surface area contributed by atoms with Crippen LogP contribution in [0.4, 0.5) is 4.79 Å². The molecule has 0 aliphatic rings. The zero-order chi connectivity index (χ0) is 38.9. The predicted molar refractivity (Wildman–Crippen MR) is 198 cm³/mol. The summed E-state index contributed by atoms with van der Waals surface area (Å²) < 4.78 is 33.0. The zero-order valence-corrected chi connectivity index (χ0v) is 30.9. The van der Waals surface area contributed by atoms with E-state index in [1.54, 1.807) is 12.1 Å². The minimum absolute atomic E-state index is 0.0581. The highest BCUT2D eigenvalue weighted by Crippen LogP contribution is 2.42. The second-order valence-corrected chi connectivity index (χ2v) is 13.9. The second-order valence-electron chi connectivity index (χ2n) is 10.7. The van der Waals surface area contributed by atoms with E-state index < -0.39 is 30.0 Å². The van der Waals surface area contributed by atoms with Gasteiger partial charge in [-0.3, -0.25) is 4.79 Å². The summed E-state index contributed by atoms with van der Waals surface area (Å²) in [6.45, 7) is 7.75. The molecule has 0 N–H and O–H groups in total. The highest BCUT2D eigenvalue weighted by molar-refractivity contribution is 7.77. The van der Waals surface area contributed by atoms with E-state index in [-0.39, 0.29) is 66.8 Å². The Morgan fingerprint density at radius 1 is 0.648 bits per heavy atom. The number of hydrogen-bond acceptors (Lipinski definition) is 17. The number of benzene rings is 3. The summed E-state index contributed by atoms with van der Waals surface area (Å²) in [6.07, 6.45) is 2.05. The van der Waals surface area contributed by atoms with Gasteiger partial charge < -0.3 is 33.3 Å². The molecular formula is C37H32O14S3. The fraction of sp³-hybridized carbons (Fsp3) is 0.216. The van der Waals surface area contributed by atoms with E-state index in [1.807, 2.05) is 0 Å². The Morgan fingerprint density at radius 2 is 1.15 bits per heavy atom. The van der Waals surface area contributed by atoms with Crippen molar-refractivity contribution in [3.63, 3.8) is 0 Å². The number of fused-ring (bicyclic) bond motifs is 1. The van der Waals surface area contributed by atoms with Gasteiger partial charge in [-0.15, -0.1) is 22.7 Å². The number of esters is 4. The first-order valence-electron chi connectivity index (χ1n) is 16.0. The maximum atomic E-state index is 13.1. The molecular weight excluding hydrogens is 765 g/mol. The van der Waals surface area contributed by atoms with Crippen molar-refractivity contribution >= 4 is 86.4 Å². The third-order valence-corrected chi connectivity index (χ3v) is 9.64. The van der Waals surface area contributed by atoms with Gasteiger partial charge in [0.15, 0.2) is 0 Å². The van der Waals surface area contributed by atoms with Crippen molar-refractivity contribution in [3.05, 3.63) is 99.7 Å². The largest absolute Gasteiger partial charge is 0.513 e. The summed E-state index contributed by atoms with van der Waals surface area (Å²) >= 11 is 7.75. The molecule has 4 aromatic rings. The van der Waals surface area contributed by atoms with Gasteiger partial charge >= 0.3 is 36.5 Å². The molecule has 0 bridgehead atoms. The summed E-state index contributed by atoms with van der Waals surface area (Å²) in [6, 6.07) is 14.7. The minimum Gasteiger partial charge on any atom is -0.463 e. The smallest absolute Gasteiger partial charge is 0.463 e. The maximum Gasteiger partial charge on any atom is 0.513 e. The summed E-state index contributed by atoms with van der Waals surface area (Å²) in [5.41, 5.74) is 0.908. The SMILES string of the molecule is C=CC(=O)OCCCCOC(=O)Oc1ccc(C(=O)Oc2ccc(OC(=O)c3ccc(C(=C)C(=O)OCCCCOOC=O)cc3)c3sc(=S)sc23)cc1. The quantitative estimate of drug-likeness (QED) is 0.00816. The van der Waals surface area contributed by atoms with Crippen LogP contribution in [0, 0.1) is 3.14 Å². The number of hydrogen-bond donors (Lipinski definition) is 0. The van der Waals surface area contributed by atoms with E-state index >= 15 is 0 Å². The molecule has 282 valence electrons. The van der Waals surface area contributed by atoms with Crippen LogP contribution in [-0.4, -0.2) is 62.9 Å². The van der Waals surface area contributed by atoms with Crippen molar-refractivity contribution in [1.29, 1.82) is 0 Å². The van der Waals surface area contributed by atoms with Crippen LogP contribution in [0.1, 0.15) is 52.0 Å². The van der Waals surface area contributed by atoms with Gasteiger partial charge in [-0.05, 0) is 79.8 Å². The summed E-state index contributed by atoms with van der Waals surface area (Å²) in [4.78, 5) is 80.2. The fourth-order valence-electron chi connectivity index (χ4n) is 4.28. The summed E-state index contributed by atoms with van der Waals surface area (Å²) in [5.74, 6) is -1.99. The normalized spacial score (nSPS) is 10.4. The molecule has 1 aromatic heterocycles. The molecule has 0 saturated heterocycles. The molecule has 1 heterocycles. The van der Waals surface area contributed by atoms with Crippen LogP contribution in [-0.2, 0) is 38.4 Å². The molecule has 0 fully saturated rings. The van der Waals surface area contributed by atoms with Gasteiger partial charge in [-0.1, -0.05) is 37.5 Å². The minimum atomic E-state index is -0.934. The van der Waals surface area contributed by atoms with Crippen LogP contribution in [0.5, 0.6) is 17.2 Å². The lowest BCUT2D eigenvalue weighted by molar-refractivity contribution is -0.259. The molecule has 4 rings (SSSR count). The zero-order valence-electron chi connectivity index (χ0n) is 28.4. The molecule has 0 atom stereocenters. The molecule has 0 aliphatic carbocycles. The molecule has 54 heavy (non-hydrogen) atoms. The second kappa shape index (κ2) is 21.1. The average Bonchev–Trinajstić information content (AvgIpc) is 3.58. The third kappa shape index (κ3) is 12.4. The monoisotopic (exact) mass is 796 g/mol. The molecule has 14 nitrogen and oxygen atoms in total. The number of ether oxygens (including phenoxy) is 6. The lowest BCUT2D eigenvalue weighted by Crippen LogP contribution is -2.13. The Hall–Kier alpha value is -5.75. The average molecular weight is 797 g/mol. The topological polar surface area (TPSA) is 176 Å². The van der Waals surface area contributed by atoms with Crippen LogP contribution in [0.3, 0.4) is 0 Å². The predicted octanol–water partition coefficient (Wildman–Crippen LogP) is 7.60. The first-order valence-corrected chi connectivity index (χ1v) is 18.1. The molecule has 0 spiro atoms. The van der Waals surface area contributed by atoms with Crippen LogP contribution in [0.25, 0.3) is 15.0 Å². The number of unbranched alkanes of at least 4 members (excludes halogenated alkanes) is 2. The van der Waals surface area contributed by atoms with Crippen molar-refractivity contribution in [2.24, 2.45) is 0 Å². The van der Waals surface area contributed by atoms with Crippen LogP contribution >= 0.6 is 34.9 Å². The third-order valence-electron chi connectivity index (χ3n) is 6.95. The van der Waals surface area contributed by atoms with E-state index in [9.17, 15) is 28.8 Å². The lowest BCUT2D eigenvalue weighted by Gasteiger charge is -2.10. The Balaban J connectivity index is 1.29. The van der Waals surface area contributed by atoms with Crippen molar-refractivity contribution in [3.8, 4) is 17.2 Å². The lowest BCUT2D eigenvalue weighted by atomic mass is 10.1. The van der Waals surface area contributed by atoms with Crippen LogP contribution in [0.2, 0.25) is 0 Å². The van der Waals surface area contributed by atoms with Crippen molar-refractivity contribution < 1.29 is 67.0 Å². The van der Waals surface area contributed by atoms with Gasteiger partial charge in [0, 0.05) is 6.08 Å². The molecule has 0 unspecified atom stereocenters. The van der Waals surface area contributed by atoms with Crippen LogP contribution in [0.15, 0.2) is 79.9 Å². The first-order chi connectivity index (χ1) is 26.1. The van der Waals surface area contributed by atoms with Gasteiger partial charge in [0.05, 0.1) is 52.5 Å². The highest BCUT2D eigenvalue weighted by atomic mass is 32.2. The van der Waals surface area contributed by atoms with Gasteiger partial charge in [0.1, 0.15) is 20.4 Å². The molecule has 0 radical (unpaired) electrons. The standard InChI is InChI=1S/C37H32O14S3/c1-3-30(39)44-18-4-5-20-46-36(43)49-27-14-12-26(13-15-27)35(42)51-29-17-16-28(31-32(29)54-37(52)53-31)50-34(41)25-10-8-24(9-11-25)23(2)33(40)45-19-6-7-21-47-48-22-38/h3,8-17,22H,1-2,4-7,18-21H2. The Bertz CT molecular complexity index is 2050. The number of rotatable bonds is 20. The van der Waals surface area contributed by atoms with Crippen LogP contribution < -0.4 is 14.2 Å². The van der Waals surface area contributed by atoms with E-state index in [0.717, 1.165) is 6.08 Å². The Kier molecular flexibility index (Phi) is 16.0. The molecule has 0 saturated carbocycles. The van der Waals surface area contributed by atoms with Gasteiger partial charge in [-0.2, -0.15) is 4.89 Å². The Labute approximate surface area is 321 Å². The van der Waals surface area contributed by atoms with Crippen molar-refractivity contribution in [2.75, 3.05) is 26.4 Å². The molecule has 3 aromatic carbocycles. The van der Waals surface area contributed by atoms with Gasteiger partial charge in [-0.25, -0.2) is 24.0 Å². The van der Waals surface area contributed by atoms with E-state index in [0.29, 0.717) is 43.8 Å². The van der Waals surface area contributed by atoms with Crippen molar-refractivity contribution in [1.82, 2.24) is 0 Å². The van der Waals surface area contributed by atoms with Gasteiger partial charge in [0.2, 0.25) is 0 Å². The van der Waals surface area contributed by atoms with Gasteiger partial charge in [0.25, 0.3) is 0 Å². The van der Waals surface area contributed by atoms with E-state index in [4.69, 9.17) is 40.6 Å². The molecule has 17 heteroatoms. The molecule has 0 aliphatic heterocycles. The fourth-order valence-corrected chi connectivity index (χ4v) is 6.84.